The Kier molecular flexibility index (Phi) is 10.3. The number of benzene rings is 3. The van der Waals surface area contributed by atoms with Crippen LogP contribution >= 0.6 is 0 Å². The molecule has 2 fully saturated rings. The van der Waals surface area contributed by atoms with Gasteiger partial charge in [-0.25, -0.2) is 4.79 Å². The molecule has 2 aliphatic heterocycles. The monoisotopic (exact) mass is 611 g/mol. The minimum atomic E-state index is -0.559. The molecule has 10 nitrogen and oxygen atoms in total. The van der Waals surface area contributed by atoms with Gasteiger partial charge in [-0.1, -0.05) is 60.7 Å². The molecule has 10 heteroatoms. The molecule has 0 spiro atoms. The Hall–Kier alpha value is -4.54. The predicted molar refractivity (Wildman–Crippen MR) is 172 cm³/mol. The Morgan fingerprint density at radius 3 is 2.02 bits per heavy atom. The standard InChI is InChI=1S/C35H41N5O5/c1-24(2)44-34(42)25(3)39-20-18-38(19-21-39)22-30-23-40(35(43)45-30)29-16-14-28(15-17-29)32(36)37-33(41)31(26-10-6-4-7-11-26)27-12-8-5-9-13-27/h4-17,24-25,30-31H,18-23H2,1-3H3,(H2,36,37,41). The number of nitrogens with zero attached hydrogens (tertiary/aromatic N) is 3. The summed E-state index contributed by atoms with van der Waals surface area (Å²) in [6.07, 6.45) is -0.825. The maximum absolute atomic E-state index is 13.4. The highest BCUT2D eigenvalue weighted by Gasteiger charge is 2.35. The number of cyclic esters (lactones) is 1. The third-order valence-corrected chi connectivity index (χ3v) is 8.23. The summed E-state index contributed by atoms with van der Waals surface area (Å²) in [5.74, 6) is -1.07. The second-order valence-corrected chi connectivity index (χ2v) is 11.8. The first kappa shape index (κ1) is 31.9. The van der Waals surface area contributed by atoms with Crippen molar-refractivity contribution in [2.24, 2.45) is 0 Å². The summed E-state index contributed by atoms with van der Waals surface area (Å²) in [7, 11) is 0. The molecule has 2 atom stereocenters. The van der Waals surface area contributed by atoms with Crippen LogP contribution in [0.2, 0.25) is 0 Å². The number of hydrogen-bond donors (Lipinski definition) is 2. The number of esters is 1. The largest absolute Gasteiger partial charge is 0.462 e. The molecule has 2 aliphatic rings. The molecule has 0 aromatic heterocycles. The van der Waals surface area contributed by atoms with Gasteiger partial charge in [0.25, 0.3) is 0 Å². The van der Waals surface area contributed by atoms with Gasteiger partial charge in [0.1, 0.15) is 18.0 Å². The second kappa shape index (κ2) is 14.5. The third-order valence-electron chi connectivity index (χ3n) is 8.23. The zero-order chi connectivity index (χ0) is 31.9. The van der Waals surface area contributed by atoms with Gasteiger partial charge in [0.05, 0.1) is 18.6 Å². The van der Waals surface area contributed by atoms with Crippen LogP contribution in [0.3, 0.4) is 0 Å². The molecule has 2 N–H and O–H groups in total. The van der Waals surface area contributed by atoms with Crippen molar-refractivity contribution in [1.29, 1.82) is 5.41 Å². The molecule has 2 unspecified atom stereocenters. The second-order valence-electron chi connectivity index (χ2n) is 11.8. The predicted octanol–water partition coefficient (Wildman–Crippen LogP) is 4.24. The van der Waals surface area contributed by atoms with Gasteiger partial charge in [0, 0.05) is 44.0 Å². The van der Waals surface area contributed by atoms with E-state index in [4.69, 9.17) is 14.9 Å². The maximum Gasteiger partial charge on any atom is 0.414 e. The van der Waals surface area contributed by atoms with Crippen LogP contribution in [-0.4, -0.2) is 91.1 Å². The molecular formula is C35H41N5O5. The Balaban J connectivity index is 1.14. The summed E-state index contributed by atoms with van der Waals surface area (Å²) >= 11 is 0. The van der Waals surface area contributed by atoms with E-state index in [1.165, 1.54) is 0 Å². The first-order chi connectivity index (χ1) is 21.7. The van der Waals surface area contributed by atoms with Crippen molar-refractivity contribution in [3.63, 3.8) is 0 Å². The van der Waals surface area contributed by atoms with E-state index >= 15 is 0 Å². The lowest BCUT2D eigenvalue weighted by atomic mass is 9.90. The highest BCUT2D eigenvalue weighted by molar-refractivity contribution is 6.08. The first-order valence-electron chi connectivity index (χ1n) is 15.4. The molecule has 2 saturated heterocycles. The van der Waals surface area contributed by atoms with Crippen LogP contribution in [0.15, 0.2) is 84.9 Å². The highest BCUT2D eigenvalue weighted by atomic mass is 16.6. The van der Waals surface area contributed by atoms with Crippen LogP contribution in [-0.2, 0) is 19.1 Å². The van der Waals surface area contributed by atoms with Crippen molar-refractivity contribution in [2.45, 2.75) is 44.9 Å². The van der Waals surface area contributed by atoms with E-state index in [0.29, 0.717) is 24.3 Å². The Labute approximate surface area is 264 Å². The fourth-order valence-electron chi connectivity index (χ4n) is 5.79. The molecule has 3 aromatic rings. The number of carbonyl (C=O) groups is 3. The van der Waals surface area contributed by atoms with Crippen molar-refractivity contribution >= 4 is 29.5 Å². The van der Waals surface area contributed by atoms with Gasteiger partial charge in [0.2, 0.25) is 5.91 Å². The Morgan fingerprint density at radius 2 is 1.47 bits per heavy atom. The van der Waals surface area contributed by atoms with Crippen molar-refractivity contribution in [1.82, 2.24) is 15.1 Å². The fraction of sp³-hybridized carbons (Fsp3) is 0.371. The summed E-state index contributed by atoms with van der Waals surface area (Å²) in [5.41, 5.74) is 2.88. The average Bonchev–Trinajstić information content (AvgIpc) is 3.41. The maximum atomic E-state index is 13.4. The molecule has 5 rings (SSSR count). The molecule has 3 aromatic carbocycles. The lowest BCUT2D eigenvalue weighted by Gasteiger charge is -2.37. The van der Waals surface area contributed by atoms with Gasteiger partial charge in [0.15, 0.2) is 0 Å². The van der Waals surface area contributed by atoms with E-state index in [1.807, 2.05) is 81.4 Å². The minimum Gasteiger partial charge on any atom is -0.462 e. The van der Waals surface area contributed by atoms with E-state index in [1.54, 1.807) is 29.2 Å². The zero-order valence-corrected chi connectivity index (χ0v) is 26.0. The van der Waals surface area contributed by atoms with Gasteiger partial charge in [-0.05, 0) is 56.2 Å². The van der Waals surface area contributed by atoms with Crippen LogP contribution in [0.1, 0.15) is 43.4 Å². The topological polar surface area (TPSA) is 115 Å². The quantitative estimate of drug-likeness (QED) is 0.200. The fourth-order valence-corrected chi connectivity index (χ4v) is 5.79. The normalized spacial score (nSPS) is 18.1. The van der Waals surface area contributed by atoms with E-state index in [9.17, 15) is 14.4 Å². The molecule has 0 bridgehead atoms. The van der Waals surface area contributed by atoms with Crippen LogP contribution in [0.25, 0.3) is 0 Å². The number of amides is 2. The average molecular weight is 612 g/mol. The number of rotatable bonds is 10. The SMILES string of the molecule is CC(C)OC(=O)C(C)N1CCN(CC2CN(c3ccc(C(=N)NC(=O)C(c4ccccc4)c4ccccc4)cc3)C(=O)O2)CC1. The summed E-state index contributed by atoms with van der Waals surface area (Å²) < 4.78 is 11.0. The van der Waals surface area contributed by atoms with Crippen molar-refractivity contribution in [3.8, 4) is 0 Å². The number of ether oxygens (including phenoxy) is 2. The highest BCUT2D eigenvalue weighted by Crippen LogP contribution is 2.26. The summed E-state index contributed by atoms with van der Waals surface area (Å²) in [5, 5.41) is 11.4. The van der Waals surface area contributed by atoms with Crippen molar-refractivity contribution in [2.75, 3.05) is 44.2 Å². The Bertz CT molecular complexity index is 1430. The van der Waals surface area contributed by atoms with Crippen LogP contribution in [0, 0.1) is 5.41 Å². The summed E-state index contributed by atoms with van der Waals surface area (Å²) in [4.78, 5) is 44.4. The van der Waals surface area contributed by atoms with E-state index in [-0.39, 0.29) is 36.0 Å². The summed E-state index contributed by atoms with van der Waals surface area (Å²) in [6.45, 7) is 9.62. The van der Waals surface area contributed by atoms with E-state index in [2.05, 4.69) is 15.1 Å². The van der Waals surface area contributed by atoms with Gasteiger partial charge in [-0.15, -0.1) is 0 Å². The number of piperazine rings is 1. The molecule has 2 heterocycles. The molecule has 45 heavy (non-hydrogen) atoms. The van der Waals surface area contributed by atoms with Crippen molar-refractivity contribution in [3.05, 3.63) is 102 Å². The zero-order valence-electron chi connectivity index (χ0n) is 26.0. The lowest BCUT2D eigenvalue weighted by molar-refractivity contribution is -0.154. The lowest BCUT2D eigenvalue weighted by Crippen LogP contribution is -2.53. The molecular weight excluding hydrogens is 570 g/mol. The van der Waals surface area contributed by atoms with Crippen molar-refractivity contribution < 1.29 is 23.9 Å². The van der Waals surface area contributed by atoms with E-state index in [0.717, 1.165) is 37.3 Å². The number of hydrogen-bond acceptors (Lipinski definition) is 8. The molecule has 0 saturated carbocycles. The van der Waals surface area contributed by atoms with Crippen LogP contribution in [0.4, 0.5) is 10.5 Å². The van der Waals surface area contributed by atoms with Crippen LogP contribution < -0.4 is 10.2 Å². The molecule has 2 amide bonds. The molecule has 0 aliphatic carbocycles. The third kappa shape index (κ3) is 7.95. The van der Waals surface area contributed by atoms with Gasteiger partial charge < -0.3 is 14.8 Å². The number of carbonyl (C=O) groups excluding carboxylic acids is 3. The number of amidine groups is 1. The summed E-state index contributed by atoms with van der Waals surface area (Å²) in [6, 6.07) is 25.7. The first-order valence-corrected chi connectivity index (χ1v) is 15.4. The number of nitrogens with one attached hydrogen (secondary N) is 2. The van der Waals surface area contributed by atoms with Gasteiger partial charge in [-0.3, -0.25) is 29.7 Å². The Morgan fingerprint density at radius 1 is 0.889 bits per heavy atom. The van der Waals surface area contributed by atoms with Crippen LogP contribution in [0.5, 0.6) is 0 Å². The smallest absolute Gasteiger partial charge is 0.414 e. The molecule has 0 radical (unpaired) electrons. The minimum absolute atomic E-state index is 0.0174. The van der Waals surface area contributed by atoms with E-state index < -0.39 is 12.0 Å². The van der Waals surface area contributed by atoms with Gasteiger partial charge >= 0.3 is 12.1 Å². The number of anilines is 1. The molecule has 236 valence electrons. The van der Waals surface area contributed by atoms with Gasteiger partial charge in [-0.2, -0.15) is 0 Å².